The molecule has 7 nitrogen and oxygen atoms in total. The number of β-amino-alcohol motifs (C(OH)–C–C–N with tert-alkyl or cyclic N) is 1. The molecule has 7 heteroatoms. The van der Waals surface area contributed by atoms with Gasteiger partial charge in [0, 0.05) is 70.5 Å². The molecule has 0 radical (unpaired) electrons. The lowest BCUT2D eigenvalue weighted by Gasteiger charge is -2.45. The molecule has 33 heavy (non-hydrogen) atoms. The maximum Gasteiger partial charge on any atom is 0.147 e. The van der Waals surface area contributed by atoms with Gasteiger partial charge >= 0.3 is 0 Å². The molecular weight excluding hydrogens is 414 g/mol. The Balaban J connectivity index is 1.63. The number of ether oxygens (including phenoxy) is 1. The Morgan fingerprint density at radius 1 is 1.27 bits per heavy atom. The predicted octanol–water partition coefficient (Wildman–Crippen LogP) is 3.02. The van der Waals surface area contributed by atoms with Crippen molar-refractivity contribution in [3.8, 4) is 6.07 Å². The van der Waals surface area contributed by atoms with Crippen LogP contribution in [0.3, 0.4) is 0 Å². The summed E-state index contributed by atoms with van der Waals surface area (Å²) in [5, 5.41) is 19.6. The molecule has 1 saturated carbocycles. The van der Waals surface area contributed by atoms with Crippen molar-refractivity contribution in [3.05, 3.63) is 34.7 Å². The zero-order valence-corrected chi connectivity index (χ0v) is 20.4. The van der Waals surface area contributed by atoms with Gasteiger partial charge in [0.2, 0.25) is 0 Å². The number of fused-ring (bicyclic) bond motifs is 1. The van der Waals surface area contributed by atoms with E-state index in [0.717, 1.165) is 75.5 Å². The fourth-order valence-corrected chi connectivity index (χ4v) is 5.48. The molecule has 3 heterocycles. The van der Waals surface area contributed by atoms with Crippen molar-refractivity contribution in [1.82, 2.24) is 14.8 Å². The van der Waals surface area contributed by atoms with Crippen LogP contribution in [0.4, 0.5) is 5.82 Å². The average molecular weight is 454 g/mol. The number of anilines is 1. The molecule has 2 fully saturated rings. The quantitative estimate of drug-likeness (QED) is 0.584. The number of hydrogen-bond acceptors (Lipinski definition) is 7. The van der Waals surface area contributed by atoms with E-state index in [2.05, 4.69) is 34.3 Å². The normalized spacial score (nSPS) is 21.1. The number of pyridine rings is 1. The lowest BCUT2D eigenvalue weighted by Crippen LogP contribution is -2.53. The Morgan fingerprint density at radius 3 is 2.76 bits per heavy atom. The molecule has 3 aliphatic rings. The smallest absolute Gasteiger partial charge is 0.147 e. The van der Waals surface area contributed by atoms with Gasteiger partial charge in [0.1, 0.15) is 11.9 Å². The highest BCUT2D eigenvalue weighted by Gasteiger charge is 2.36. The monoisotopic (exact) mass is 453 g/mol. The van der Waals surface area contributed by atoms with Crippen molar-refractivity contribution in [2.45, 2.75) is 64.0 Å². The van der Waals surface area contributed by atoms with Crippen LogP contribution in [0.1, 0.15) is 67.3 Å². The molecule has 1 aromatic rings. The summed E-state index contributed by atoms with van der Waals surface area (Å²) in [5.74, 6) is 1.43. The van der Waals surface area contributed by atoms with Gasteiger partial charge in [-0.05, 0) is 36.8 Å². The second-order valence-corrected chi connectivity index (χ2v) is 9.68. The highest BCUT2D eigenvalue weighted by atomic mass is 16.5. The van der Waals surface area contributed by atoms with Crippen molar-refractivity contribution in [2.75, 3.05) is 57.9 Å². The summed E-state index contributed by atoms with van der Waals surface area (Å²) in [6.45, 7) is 12.4. The lowest BCUT2D eigenvalue weighted by molar-refractivity contribution is 0.169. The first kappa shape index (κ1) is 24.0. The van der Waals surface area contributed by atoms with Crippen LogP contribution < -0.4 is 4.90 Å². The minimum atomic E-state index is 0.170. The fourth-order valence-electron chi connectivity index (χ4n) is 5.48. The number of nitriles is 1. The standard InChI is InChI=1S/C26H39N5O2/c1-4-5-21-17-30(11-12-31(21)19(2)9-15-33-3)26-23(16-27)22-8-10-29(13-14-32)18-24(22)25(28-26)20-6-7-20/h20-21,32H,2,4-15,17-18H2,1,3H3/t21-/m1/s1. The van der Waals surface area contributed by atoms with Gasteiger partial charge in [-0.1, -0.05) is 19.9 Å². The molecule has 0 amide bonds. The van der Waals surface area contributed by atoms with Crippen molar-refractivity contribution in [3.63, 3.8) is 0 Å². The van der Waals surface area contributed by atoms with Crippen LogP contribution in [0.25, 0.3) is 0 Å². The molecule has 4 rings (SSSR count). The Labute approximate surface area is 198 Å². The molecule has 1 aromatic heterocycles. The molecule has 0 spiro atoms. The number of piperazine rings is 1. The molecule has 180 valence electrons. The lowest BCUT2D eigenvalue weighted by atomic mass is 9.92. The average Bonchev–Trinajstić information content (AvgIpc) is 3.67. The molecule has 1 aliphatic carbocycles. The molecule has 0 unspecified atom stereocenters. The zero-order chi connectivity index (χ0) is 23.4. The van der Waals surface area contributed by atoms with E-state index in [9.17, 15) is 10.4 Å². The van der Waals surface area contributed by atoms with Crippen LogP contribution in [0.5, 0.6) is 0 Å². The third-order valence-corrected chi connectivity index (χ3v) is 7.38. The first-order valence-electron chi connectivity index (χ1n) is 12.6. The third kappa shape index (κ3) is 5.18. The summed E-state index contributed by atoms with van der Waals surface area (Å²) in [4.78, 5) is 12.3. The summed E-state index contributed by atoms with van der Waals surface area (Å²) in [6, 6.07) is 2.92. The van der Waals surface area contributed by atoms with Crippen molar-refractivity contribution in [2.24, 2.45) is 0 Å². The molecule has 2 aliphatic heterocycles. The van der Waals surface area contributed by atoms with Gasteiger partial charge in [-0.3, -0.25) is 4.90 Å². The second-order valence-electron chi connectivity index (χ2n) is 9.68. The van der Waals surface area contributed by atoms with E-state index in [1.54, 1.807) is 7.11 Å². The predicted molar refractivity (Wildman–Crippen MR) is 130 cm³/mol. The zero-order valence-electron chi connectivity index (χ0n) is 20.4. The van der Waals surface area contributed by atoms with E-state index in [1.165, 1.54) is 29.7 Å². The fraction of sp³-hybridized carbons (Fsp3) is 0.692. The Bertz CT molecular complexity index is 892. The number of aliphatic hydroxyl groups excluding tert-OH is 1. The highest BCUT2D eigenvalue weighted by Crippen LogP contribution is 2.44. The third-order valence-electron chi connectivity index (χ3n) is 7.38. The van der Waals surface area contributed by atoms with Crippen LogP contribution >= 0.6 is 0 Å². The highest BCUT2D eigenvalue weighted by molar-refractivity contribution is 5.62. The summed E-state index contributed by atoms with van der Waals surface area (Å²) >= 11 is 0. The van der Waals surface area contributed by atoms with E-state index in [1.807, 2.05) is 0 Å². The van der Waals surface area contributed by atoms with E-state index in [0.29, 0.717) is 25.1 Å². The van der Waals surface area contributed by atoms with Crippen LogP contribution in [-0.2, 0) is 17.7 Å². The van der Waals surface area contributed by atoms with Gasteiger partial charge in [0.05, 0.1) is 24.5 Å². The minimum absolute atomic E-state index is 0.170. The maximum absolute atomic E-state index is 10.2. The summed E-state index contributed by atoms with van der Waals surface area (Å²) in [6.07, 6.45) is 6.31. The summed E-state index contributed by atoms with van der Waals surface area (Å²) in [5.41, 5.74) is 5.60. The first-order chi connectivity index (χ1) is 16.1. The van der Waals surface area contributed by atoms with Crippen LogP contribution in [0, 0.1) is 11.3 Å². The van der Waals surface area contributed by atoms with Gasteiger partial charge in [0.15, 0.2) is 0 Å². The topological polar surface area (TPSA) is 75.9 Å². The Morgan fingerprint density at radius 2 is 2.09 bits per heavy atom. The maximum atomic E-state index is 10.2. The Hall–Kier alpha value is -2.14. The van der Waals surface area contributed by atoms with Gasteiger partial charge in [-0.25, -0.2) is 4.98 Å². The van der Waals surface area contributed by atoms with Gasteiger partial charge < -0.3 is 19.6 Å². The van der Waals surface area contributed by atoms with E-state index < -0.39 is 0 Å². The van der Waals surface area contributed by atoms with Crippen molar-refractivity contribution < 1.29 is 9.84 Å². The van der Waals surface area contributed by atoms with Gasteiger partial charge in [-0.2, -0.15) is 5.26 Å². The van der Waals surface area contributed by atoms with Crippen LogP contribution in [0.2, 0.25) is 0 Å². The SMILES string of the molecule is C=C(CCOC)N1CCN(c2nc(C3CC3)c3c(c2C#N)CCN(CCO)C3)C[C@H]1CCC. The summed E-state index contributed by atoms with van der Waals surface area (Å²) < 4.78 is 5.28. The largest absolute Gasteiger partial charge is 0.395 e. The molecule has 0 aromatic carbocycles. The molecule has 1 atom stereocenters. The molecular formula is C26H39N5O2. The summed E-state index contributed by atoms with van der Waals surface area (Å²) in [7, 11) is 1.74. The van der Waals surface area contributed by atoms with Crippen LogP contribution in [0.15, 0.2) is 12.3 Å². The molecule has 1 saturated heterocycles. The number of aliphatic hydroxyl groups is 1. The Kier molecular flexibility index (Phi) is 7.90. The minimum Gasteiger partial charge on any atom is -0.395 e. The van der Waals surface area contributed by atoms with Crippen LogP contribution in [-0.4, -0.2) is 79.0 Å². The molecule has 0 bridgehead atoms. The van der Waals surface area contributed by atoms with E-state index in [4.69, 9.17) is 9.72 Å². The number of methoxy groups -OCH3 is 1. The van der Waals surface area contributed by atoms with E-state index >= 15 is 0 Å². The van der Waals surface area contributed by atoms with Crippen molar-refractivity contribution in [1.29, 1.82) is 5.26 Å². The number of hydrogen-bond donors (Lipinski definition) is 1. The number of nitrogens with zero attached hydrogens (tertiary/aromatic N) is 5. The second kappa shape index (κ2) is 10.9. The van der Waals surface area contributed by atoms with Gasteiger partial charge in [0.25, 0.3) is 0 Å². The number of rotatable bonds is 10. The molecule has 1 N–H and O–H groups in total. The van der Waals surface area contributed by atoms with E-state index in [-0.39, 0.29) is 6.61 Å². The number of aromatic nitrogens is 1. The van der Waals surface area contributed by atoms with Crippen molar-refractivity contribution >= 4 is 5.82 Å². The van der Waals surface area contributed by atoms with Gasteiger partial charge in [-0.15, -0.1) is 0 Å². The first-order valence-corrected chi connectivity index (χ1v) is 12.6.